The summed E-state index contributed by atoms with van der Waals surface area (Å²) in [6.07, 6.45) is 6.48. The molecule has 4 amide bonds. The van der Waals surface area contributed by atoms with E-state index < -0.39 is 23.8 Å². The van der Waals surface area contributed by atoms with Crippen molar-refractivity contribution in [1.82, 2.24) is 30.0 Å². The van der Waals surface area contributed by atoms with Gasteiger partial charge in [0.25, 0.3) is 11.8 Å². The molecule has 14 heteroatoms. The van der Waals surface area contributed by atoms with Crippen LogP contribution in [0.1, 0.15) is 101 Å². The Labute approximate surface area is 360 Å². The first-order valence-electron chi connectivity index (χ1n) is 21.3. The van der Waals surface area contributed by atoms with Gasteiger partial charge in [-0.1, -0.05) is 43.6 Å². The third kappa shape index (κ3) is 8.24. The number of rotatable bonds is 10. The quantitative estimate of drug-likeness (QED) is 0.136. The van der Waals surface area contributed by atoms with Gasteiger partial charge in [-0.2, -0.15) is 0 Å². The maximum absolute atomic E-state index is 13.3. The number of halogens is 1. The Morgan fingerprint density at radius 2 is 1.54 bits per heavy atom. The largest absolute Gasteiger partial charge is 0.487 e. The summed E-state index contributed by atoms with van der Waals surface area (Å²) < 4.78 is 6.15. The highest BCUT2D eigenvalue weighted by Crippen LogP contribution is 2.37. The smallest absolute Gasteiger partial charge is 0.262 e. The van der Waals surface area contributed by atoms with Crippen molar-refractivity contribution in [3.63, 3.8) is 0 Å². The Morgan fingerprint density at radius 1 is 0.852 bits per heavy atom. The van der Waals surface area contributed by atoms with Crippen LogP contribution in [0.25, 0.3) is 4.85 Å². The molecule has 1 aromatic heterocycles. The summed E-state index contributed by atoms with van der Waals surface area (Å²) in [4.78, 5) is 72.3. The first-order chi connectivity index (χ1) is 29.4. The molecule has 314 valence electrons. The van der Waals surface area contributed by atoms with Crippen molar-refractivity contribution in [3.8, 4) is 5.75 Å². The second-order valence-electron chi connectivity index (χ2n) is 17.6. The number of amides is 4. The molecule has 3 saturated heterocycles. The van der Waals surface area contributed by atoms with Gasteiger partial charge in [0.05, 0.1) is 23.4 Å². The van der Waals surface area contributed by atoms with Crippen molar-refractivity contribution in [2.45, 2.75) is 89.6 Å². The second-order valence-corrected chi connectivity index (χ2v) is 18.0. The summed E-state index contributed by atoms with van der Waals surface area (Å²) in [6, 6.07) is 18.7. The molecular weight excluding hydrogens is 792 g/mol. The number of likely N-dealkylation sites (tertiary alicyclic amines) is 1. The molecule has 3 fully saturated rings. The maximum atomic E-state index is 13.3. The van der Waals surface area contributed by atoms with Gasteiger partial charge in [0.2, 0.25) is 17.8 Å². The minimum Gasteiger partial charge on any atom is -0.487 e. The minimum atomic E-state index is -0.951. The van der Waals surface area contributed by atoms with Gasteiger partial charge in [-0.3, -0.25) is 34.3 Å². The molecule has 0 bridgehead atoms. The molecule has 9 rings (SSSR count). The molecule has 13 nitrogen and oxygen atoms in total. The average molecular weight is 841 g/mol. The van der Waals surface area contributed by atoms with Gasteiger partial charge in [0, 0.05) is 61.8 Å². The molecule has 6 heterocycles. The lowest BCUT2D eigenvalue weighted by Gasteiger charge is -2.42. The highest BCUT2D eigenvalue weighted by Gasteiger charge is 2.45. The molecule has 3 aromatic carbocycles. The Morgan fingerprint density at radius 3 is 2.20 bits per heavy atom. The van der Waals surface area contributed by atoms with Crippen LogP contribution in [0.2, 0.25) is 5.02 Å². The molecule has 5 aliphatic heterocycles. The number of carbonyl (C=O) groups excluding carboxylic acids is 4. The first-order valence-corrected chi connectivity index (χ1v) is 21.6. The summed E-state index contributed by atoms with van der Waals surface area (Å²) in [7, 11) is 0. The van der Waals surface area contributed by atoms with Gasteiger partial charge in [-0.05, 0) is 116 Å². The van der Waals surface area contributed by atoms with E-state index in [-0.39, 0.29) is 24.2 Å². The number of nitrogens with zero attached hydrogens (tertiary/aromatic N) is 7. The van der Waals surface area contributed by atoms with E-state index in [9.17, 15) is 19.2 Å². The monoisotopic (exact) mass is 840 g/mol. The molecular formula is C47H49ClN8O5. The fraction of sp³-hybridized carbons (Fsp3) is 0.426. The van der Waals surface area contributed by atoms with E-state index in [1.54, 1.807) is 6.07 Å². The van der Waals surface area contributed by atoms with Gasteiger partial charge in [-0.25, -0.2) is 14.8 Å². The highest BCUT2D eigenvalue weighted by molar-refractivity contribution is 6.31. The number of piperidine rings is 3. The van der Waals surface area contributed by atoms with Gasteiger partial charge < -0.3 is 14.5 Å². The van der Waals surface area contributed by atoms with Crippen LogP contribution in [0.3, 0.4) is 0 Å². The molecule has 0 aliphatic carbocycles. The van der Waals surface area contributed by atoms with E-state index in [2.05, 4.69) is 55.8 Å². The lowest BCUT2D eigenvalue weighted by atomic mass is 9.78. The number of imide groups is 2. The topological polar surface area (TPSA) is 133 Å². The normalized spacial score (nSPS) is 20.5. The number of anilines is 1. The molecule has 1 atom stereocenters. The fourth-order valence-electron chi connectivity index (χ4n) is 9.77. The van der Waals surface area contributed by atoms with Crippen LogP contribution < -0.4 is 15.0 Å². The van der Waals surface area contributed by atoms with Crippen LogP contribution in [0, 0.1) is 12.5 Å². The number of nitrogens with one attached hydrogen (secondary N) is 1. The number of ether oxygens (including phenoxy) is 1. The zero-order valence-corrected chi connectivity index (χ0v) is 35.3. The van der Waals surface area contributed by atoms with Crippen LogP contribution >= 0.6 is 11.6 Å². The molecule has 4 aromatic rings. The Bertz CT molecular complexity index is 2390. The molecule has 0 spiro atoms. The standard InChI is InChI=1S/C47H49ClN8O5/c1-47(2,33-22-34(48)24-36(23-33)49-3)32-4-6-38(7-5-32)61-28-35-10-15-50-46(51-35)55-18-13-37(14-19-55)54-16-11-29(12-17-54)25-53-26-30-20-39-40(21-31(30)27-53)45(60)56(44(39)59)41-8-9-42(57)52-43(41)58/h4-7,10,15,20-24,29,37,41H,8-9,11-14,16-19,25-28H2,1-2H3,(H,52,57,58). The zero-order chi connectivity index (χ0) is 42.4. The number of benzene rings is 3. The number of carbonyl (C=O) groups is 4. The fourth-order valence-corrected chi connectivity index (χ4v) is 10.0. The maximum Gasteiger partial charge on any atom is 0.262 e. The molecule has 1 N–H and O–H groups in total. The van der Waals surface area contributed by atoms with Crippen molar-refractivity contribution in [1.29, 1.82) is 0 Å². The molecule has 5 aliphatic rings. The van der Waals surface area contributed by atoms with Crippen LogP contribution in [-0.2, 0) is 34.7 Å². The zero-order valence-electron chi connectivity index (χ0n) is 34.5. The van der Waals surface area contributed by atoms with E-state index in [1.165, 1.54) is 0 Å². The van der Waals surface area contributed by atoms with Crippen LogP contribution in [0.5, 0.6) is 5.75 Å². The Hall–Kier alpha value is -5.68. The average Bonchev–Trinajstić information content (AvgIpc) is 3.77. The van der Waals surface area contributed by atoms with Gasteiger partial charge in [-0.15, -0.1) is 0 Å². The van der Waals surface area contributed by atoms with E-state index >= 15 is 0 Å². The number of hydrogen-bond donors (Lipinski definition) is 1. The molecule has 61 heavy (non-hydrogen) atoms. The van der Waals surface area contributed by atoms with Gasteiger partial charge >= 0.3 is 0 Å². The van der Waals surface area contributed by atoms with Crippen LogP contribution in [-0.4, -0.2) is 93.1 Å². The predicted octanol–water partition coefficient (Wildman–Crippen LogP) is 6.68. The van der Waals surface area contributed by atoms with Crippen LogP contribution in [0.4, 0.5) is 11.6 Å². The summed E-state index contributed by atoms with van der Waals surface area (Å²) in [5.41, 5.74) is 5.93. The van der Waals surface area contributed by atoms with Crippen LogP contribution in [0.15, 0.2) is 66.9 Å². The Kier molecular flexibility index (Phi) is 11.1. The summed E-state index contributed by atoms with van der Waals surface area (Å²) in [5.74, 6) is 0.211. The van der Waals surface area contributed by atoms with Crippen molar-refractivity contribution in [2.75, 3.05) is 37.6 Å². The molecule has 0 radical (unpaired) electrons. The third-order valence-corrected chi connectivity index (χ3v) is 13.6. The van der Waals surface area contributed by atoms with E-state index in [0.717, 1.165) is 116 Å². The molecule has 0 saturated carbocycles. The van der Waals surface area contributed by atoms with Crippen molar-refractivity contribution in [2.24, 2.45) is 5.92 Å². The van der Waals surface area contributed by atoms with E-state index in [4.69, 9.17) is 27.9 Å². The van der Waals surface area contributed by atoms with Gasteiger partial charge in [0.15, 0.2) is 5.69 Å². The molecule has 1 unspecified atom stereocenters. The first kappa shape index (κ1) is 40.7. The SMILES string of the molecule is [C-]#[N+]c1cc(Cl)cc(C(C)(C)c2ccc(OCc3ccnc(N4CCC(N5CCC(CN6Cc7cc8c(cc7C6)C(=O)N(C6CCC(=O)NC6=O)C8=O)CC5)CC4)n3)cc2)c1. The number of hydrogen-bond acceptors (Lipinski definition) is 10. The van der Waals surface area contributed by atoms with E-state index in [0.29, 0.717) is 40.4 Å². The lowest BCUT2D eigenvalue weighted by Crippen LogP contribution is -2.54. The lowest BCUT2D eigenvalue weighted by molar-refractivity contribution is -0.136. The van der Waals surface area contributed by atoms with Gasteiger partial charge in [0.1, 0.15) is 18.4 Å². The Balaban J connectivity index is 0.721. The van der Waals surface area contributed by atoms with Crippen molar-refractivity contribution >= 4 is 46.9 Å². The summed E-state index contributed by atoms with van der Waals surface area (Å²) in [5, 5.41) is 2.82. The summed E-state index contributed by atoms with van der Waals surface area (Å²) >= 11 is 6.31. The van der Waals surface area contributed by atoms with Crippen molar-refractivity contribution < 1.29 is 23.9 Å². The predicted molar refractivity (Wildman–Crippen MR) is 229 cm³/mol. The summed E-state index contributed by atoms with van der Waals surface area (Å²) in [6.45, 7) is 18.4. The van der Waals surface area contributed by atoms with E-state index in [1.807, 2.05) is 48.7 Å². The third-order valence-electron chi connectivity index (χ3n) is 13.4. The number of aromatic nitrogens is 2. The van der Waals surface area contributed by atoms with Crippen molar-refractivity contribution in [3.05, 3.63) is 122 Å². The highest BCUT2D eigenvalue weighted by atomic mass is 35.5. The minimum absolute atomic E-state index is 0.106. The number of fused-ring (bicyclic) bond motifs is 2. The second kappa shape index (κ2) is 16.6.